The number of fused-ring (bicyclic) bond motifs is 1. The third-order valence-electron chi connectivity index (χ3n) is 4.26. The Balaban J connectivity index is 2.02. The van der Waals surface area contributed by atoms with Gasteiger partial charge in [0, 0.05) is 18.6 Å². The average molecular weight is 254 g/mol. The van der Waals surface area contributed by atoms with E-state index in [-0.39, 0.29) is 6.04 Å². The molecule has 2 atom stereocenters. The molecule has 3 rings (SSSR count). The van der Waals surface area contributed by atoms with Crippen molar-refractivity contribution in [2.45, 2.75) is 38.4 Å². The Hall–Kier alpha value is -1.38. The van der Waals surface area contributed by atoms with Crippen molar-refractivity contribution >= 4 is 10.8 Å². The fraction of sp³-hybridized carbons (Fsp3) is 0.412. The summed E-state index contributed by atoms with van der Waals surface area (Å²) in [6.07, 6.45) is 1.09. The first-order valence-electron chi connectivity index (χ1n) is 7.17. The van der Waals surface area contributed by atoms with Crippen LogP contribution in [0.1, 0.15) is 31.9 Å². The molecule has 19 heavy (non-hydrogen) atoms. The molecule has 2 aromatic rings. The fourth-order valence-electron chi connectivity index (χ4n) is 3.25. The summed E-state index contributed by atoms with van der Waals surface area (Å²) in [5.74, 6) is 0. The Morgan fingerprint density at radius 1 is 1.11 bits per heavy atom. The number of benzene rings is 2. The predicted octanol–water partition coefficient (Wildman–Crippen LogP) is 3.32. The van der Waals surface area contributed by atoms with Crippen molar-refractivity contribution in [3.63, 3.8) is 0 Å². The summed E-state index contributed by atoms with van der Waals surface area (Å²) >= 11 is 0. The zero-order chi connectivity index (χ0) is 13.4. The summed E-state index contributed by atoms with van der Waals surface area (Å²) in [5, 5.41) is 2.61. The van der Waals surface area contributed by atoms with E-state index in [0.29, 0.717) is 12.1 Å². The maximum atomic E-state index is 6.34. The standard InChI is InChI=1S/C17H22N2/c1-12(2)19-10-9-16(18)17(19)15-8-7-13-5-3-4-6-14(13)11-15/h3-8,11-12,16-17H,9-10,18H2,1-2H3. The minimum absolute atomic E-state index is 0.253. The highest BCUT2D eigenvalue weighted by atomic mass is 15.2. The Labute approximate surface area is 115 Å². The van der Waals surface area contributed by atoms with Gasteiger partial charge in [-0.1, -0.05) is 36.4 Å². The highest BCUT2D eigenvalue weighted by Gasteiger charge is 2.34. The van der Waals surface area contributed by atoms with Crippen molar-refractivity contribution in [3.05, 3.63) is 48.0 Å². The number of hydrogen-bond donors (Lipinski definition) is 1. The highest BCUT2D eigenvalue weighted by Crippen LogP contribution is 2.34. The molecular weight excluding hydrogens is 232 g/mol. The summed E-state index contributed by atoms with van der Waals surface area (Å²) < 4.78 is 0. The predicted molar refractivity (Wildman–Crippen MR) is 81.1 cm³/mol. The number of nitrogens with zero attached hydrogens (tertiary/aromatic N) is 1. The Morgan fingerprint density at radius 3 is 2.58 bits per heavy atom. The first kappa shape index (κ1) is 12.6. The van der Waals surface area contributed by atoms with Gasteiger partial charge in [0.2, 0.25) is 0 Å². The summed E-state index contributed by atoms with van der Waals surface area (Å²) in [6.45, 7) is 5.62. The third kappa shape index (κ3) is 2.26. The lowest BCUT2D eigenvalue weighted by Gasteiger charge is -2.30. The summed E-state index contributed by atoms with van der Waals surface area (Å²) in [6, 6.07) is 16.5. The number of hydrogen-bond acceptors (Lipinski definition) is 2. The molecule has 2 unspecified atom stereocenters. The topological polar surface area (TPSA) is 29.3 Å². The van der Waals surface area contributed by atoms with Gasteiger partial charge >= 0.3 is 0 Å². The van der Waals surface area contributed by atoms with E-state index in [1.165, 1.54) is 16.3 Å². The normalized spacial score (nSPS) is 24.4. The van der Waals surface area contributed by atoms with Gasteiger partial charge in [-0.15, -0.1) is 0 Å². The second-order valence-corrected chi connectivity index (χ2v) is 5.84. The van der Waals surface area contributed by atoms with E-state index in [1.807, 2.05) is 0 Å². The zero-order valence-corrected chi connectivity index (χ0v) is 11.7. The molecule has 0 spiro atoms. The second-order valence-electron chi connectivity index (χ2n) is 5.84. The quantitative estimate of drug-likeness (QED) is 0.890. The summed E-state index contributed by atoms with van der Waals surface area (Å²) in [5.41, 5.74) is 7.70. The van der Waals surface area contributed by atoms with E-state index in [0.717, 1.165) is 13.0 Å². The molecule has 1 heterocycles. The van der Waals surface area contributed by atoms with Gasteiger partial charge in [-0.25, -0.2) is 0 Å². The van der Waals surface area contributed by atoms with Crippen LogP contribution in [0, 0.1) is 0 Å². The number of rotatable bonds is 2. The van der Waals surface area contributed by atoms with E-state index >= 15 is 0 Å². The third-order valence-corrected chi connectivity index (χ3v) is 4.26. The van der Waals surface area contributed by atoms with E-state index in [9.17, 15) is 0 Å². The molecule has 1 fully saturated rings. The largest absolute Gasteiger partial charge is 0.326 e. The first-order chi connectivity index (χ1) is 9.16. The molecule has 2 heteroatoms. The Morgan fingerprint density at radius 2 is 1.84 bits per heavy atom. The smallest absolute Gasteiger partial charge is 0.0502 e. The van der Waals surface area contributed by atoms with Crippen LogP contribution in [0.5, 0.6) is 0 Å². The molecule has 100 valence electrons. The minimum atomic E-state index is 0.253. The number of nitrogens with two attached hydrogens (primary N) is 1. The van der Waals surface area contributed by atoms with Crippen LogP contribution in [0.15, 0.2) is 42.5 Å². The van der Waals surface area contributed by atoms with Gasteiger partial charge in [-0.05, 0) is 42.7 Å². The fourth-order valence-corrected chi connectivity index (χ4v) is 3.25. The SMILES string of the molecule is CC(C)N1CCC(N)C1c1ccc2ccccc2c1. The lowest BCUT2D eigenvalue weighted by Crippen LogP contribution is -2.35. The summed E-state index contributed by atoms with van der Waals surface area (Å²) in [4.78, 5) is 2.52. The first-order valence-corrected chi connectivity index (χ1v) is 7.17. The van der Waals surface area contributed by atoms with Crippen LogP contribution in [0.2, 0.25) is 0 Å². The van der Waals surface area contributed by atoms with Crippen LogP contribution in [0.4, 0.5) is 0 Å². The molecule has 0 bridgehead atoms. The lowest BCUT2D eigenvalue weighted by molar-refractivity contribution is 0.198. The van der Waals surface area contributed by atoms with Crippen LogP contribution in [0.3, 0.4) is 0 Å². The minimum Gasteiger partial charge on any atom is -0.326 e. The van der Waals surface area contributed by atoms with Crippen molar-refractivity contribution in [1.29, 1.82) is 0 Å². The molecule has 2 nitrogen and oxygen atoms in total. The Kier molecular flexibility index (Phi) is 3.29. The van der Waals surface area contributed by atoms with Gasteiger partial charge in [0.15, 0.2) is 0 Å². The maximum absolute atomic E-state index is 6.34. The molecule has 2 aromatic carbocycles. The van der Waals surface area contributed by atoms with Crippen LogP contribution in [0.25, 0.3) is 10.8 Å². The average Bonchev–Trinajstić information content (AvgIpc) is 2.80. The molecule has 1 aliphatic rings. The van der Waals surface area contributed by atoms with Crippen molar-refractivity contribution in [2.24, 2.45) is 5.73 Å². The van der Waals surface area contributed by atoms with Gasteiger partial charge in [-0.3, -0.25) is 4.90 Å². The van der Waals surface area contributed by atoms with Crippen molar-refractivity contribution in [1.82, 2.24) is 4.90 Å². The second kappa shape index (κ2) is 4.95. The molecule has 1 aliphatic heterocycles. The van der Waals surface area contributed by atoms with Crippen LogP contribution >= 0.6 is 0 Å². The van der Waals surface area contributed by atoms with Gasteiger partial charge in [-0.2, -0.15) is 0 Å². The van der Waals surface area contributed by atoms with E-state index in [4.69, 9.17) is 5.73 Å². The molecule has 0 saturated carbocycles. The monoisotopic (exact) mass is 254 g/mol. The molecule has 1 saturated heterocycles. The Bertz CT molecular complexity index is 576. The van der Waals surface area contributed by atoms with Crippen LogP contribution < -0.4 is 5.73 Å². The van der Waals surface area contributed by atoms with Crippen LogP contribution in [-0.4, -0.2) is 23.5 Å². The van der Waals surface area contributed by atoms with E-state index in [2.05, 4.69) is 61.2 Å². The number of likely N-dealkylation sites (tertiary alicyclic amines) is 1. The molecule has 2 N–H and O–H groups in total. The van der Waals surface area contributed by atoms with E-state index < -0.39 is 0 Å². The van der Waals surface area contributed by atoms with Crippen molar-refractivity contribution in [3.8, 4) is 0 Å². The molecular formula is C17H22N2. The molecule has 0 aliphatic carbocycles. The van der Waals surface area contributed by atoms with Gasteiger partial charge < -0.3 is 5.73 Å². The maximum Gasteiger partial charge on any atom is 0.0502 e. The van der Waals surface area contributed by atoms with Gasteiger partial charge in [0.25, 0.3) is 0 Å². The molecule has 0 amide bonds. The highest BCUT2D eigenvalue weighted by molar-refractivity contribution is 5.83. The van der Waals surface area contributed by atoms with Crippen LogP contribution in [-0.2, 0) is 0 Å². The van der Waals surface area contributed by atoms with E-state index in [1.54, 1.807) is 0 Å². The van der Waals surface area contributed by atoms with Gasteiger partial charge in [0.1, 0.15) is 0 Å². The van der Waals surface area contributed by atoms with Crippen molar-refractivity contribution in [2.75, 3.05) is 6.54 Å². The lowest BCUT2D eigenvalue weighted by atomic mass is 9.97. The molecule has 0 aromatic heterocycles. The molecule has 0 radical (unpaired) electrons. The van der Waals surface area contributed by atoms with Gasteiger partial charge in [0.05, 0.1) is 6.04 Å². The van der Waals surface area contributed by atoms with Crippen molar-refractivity contribution < 1.29 is 0 Å². The summed E-state index contributed by atoms with van der Waals surface area (Å²) in [7, 11) is 0. The zero-order valence-electron chi connectivity index (χ0n) is 11.7.